The Bertz CT molecular complexity index is 336. The van der Waals surface area contributed by atoms with Gasteiger partial charge < -0.3 is 10.5 Å². The van der Waals surface area contributed by atoms with Gasteiger partial charge in [0.15, 0.2) is 5.78 Å². The number of Topliss-reactive ketones (excluding diaryl/α,β-unsaturated/α-hetero) is 1. The lowest BCUT2D eigenvalue weighted by Crippen LogP contribution is -2.44. The van der Waals surface area contributed by atoms with E-state index < -0.39 is 5.41 Å². The summed E-state index contributed by atoms with van der Waals surface area (Å²) in [5, 5.41) is 3.76. The Kier molecular flexibility index (Phi) is 2.43. The smallest absolute Gasteiger partial charge is 0.173 e. The number of ketones is 1. The van der Waals surface area contributed by atoms with Crippen LogP contribution in [0.3, 0.4) is 0 Å². The van der Waals surface area contributed by atoms with E-state index in [1.807, 2.05) is 23.8 Å². The highest BCUT2D eigenvalue weighted by molar-refractivity contribution is 7.08. The van der Waals surface area contributed by atoms with Crippen LogP contribution in [0.1, 0.15) is 17.3 Å². The van der Waals surface area contributed by atoms with E-state index in [2.05, 4.69) is 0 Å². The number of hydrogen-bond acceptors (Lipinski definition) is 4. The minimum atomic E-state index is -0.541. The highest BCUT2D eigenvalue weighted by Crippen LogP contribution is 2.31. The molecule has 1 aliphatic rings. The van der Waals surface area contributed by atoms with Crippen molar-refractivity contribution in [1.29, 1.82) is 0 Å². The van der Waals surface area contributed by atoms with Gasteiger partial charge in [-0.3, -0.25) is 4.79 Å². The zero-order valence-electron chi connectivity index (χ0n) is 8.03. The standard InChI is InChI=1S/C10H13NO2S/c1-10(6-13-4-8(10)11)9(12)7-2-3-14-5-7/h2-3,5,8H,4,6,11H2,1H3. The quantitative estimate of drug-likeness (QED) is 0.750. The van der Waals surface area contributed by atoms with Gasteiger partial charge in [-0.15, -0.1) is 0 Å². The summed E-state index contributed by atoms with van der Waals surface area (Å²) in [6, 6.07) is 1.65. The SMILES string of the molecule is CC1(C(=O)c2ccsc2)COCC1N. The molecule has 2 heterocycles. The zero-order valence-corrected chi connectivity index (χ0v) is 8.84. The summed E-state index contributed by atoms with van der Waals surface area (Å²) >= 11 is 1.52. The molecular weight excluding hydrogens is 198 g/mol. The van der Waals surface area contributed by atoms with Gasteiger partial charge in [0, 0.05) is 17.0 Å². The van der Waals surface area contributed by atoms with E-state index in [0.29, 0.717) is 13.2 Å². The number of rotatable bonds is 2. The van der Waals surface area contributed by atoms with Crippen LogP contribution in [0.25, 0.3) is 0 Å². The van der Waals surface area contributed by atoms with Gasteiger partial charge in [0.25, 0.3) is 0 Å². The molecule has 1 aliphatic heterocycles. The number of carbonyl (C=O) groups is 1. The Balaban J connectivity index is 2.27. The second kappa shape index (κ2) is 3.46. The van der Waals surface area contributed by atoms with Crippen LogP contribution in [0.5, 0.6) is 0 Å². The van der Waals surface area contributed by atoms with E-state index in [1.165, 1.54) is 11.3 Å². The molecule has 14 heavy (non-hydrogen) atoms. The summed E-state index contributed by atoms with van der Waals surface area (Å²) in [5.74, 6) is 0.101. The van der Waals surface area contributed by atoms with Crippen molar-refractivity contribution >= 4 is 17.1 Å². The van der Waals surface area contributed by atoms with Crippen LogP contribution in [0, 0.1) is 5.41 Å². The Hall–Kier alpha value is -0.710. The summed E-state index contributed by atoms with van der Waals surface area (Å²) in [6.07, 6.45) is 0. The van der Waals surface area contributed by atoms with Crippen LogP contribution in [-0.4, -0.2) is 25.0 Å². The fraction of sp³-hybridized carbons (Fsp3) is 0.500. The molecule has 2 unspecified atom stereocenters. The molecule has 0 amide bonds. The van der Waals surface area contributed by atoms with E-state index >= 15 is 0 Å². The lowest BCUT2D eigenvalue weighted by molar-refractivity contribution is 0.0768. The Morgan fingerprint density at radius 2 is 2.57 bits per heavy atom. The van der Waals surface area contributed by atoms with Gasteiger partial charge in [-0.1, -0.05) is 0 Å². The van der Waals surface area contributed by atoms with Crippen LogP contribution in [0.15, 0.2) is 16.8 Å². The average molecular weight is 211 g/mol. The third-order valence-electron chi connectivity index (χ3n) is 2.82. The summed E-state index contributed by atoms with van der Waals surface area (Å²) in [6.45, 7) is 2.79. The fourth-order valence-corrected chi connectivity index (χ4v) is 2.28. The van der Waals surface area contributed by atoms with Gasteiger partial charge in [-0.2, -0.15) is 11.3 Å². The van der Waals surface area contributed by atoms with E-state index in [0.717, 1.165) is 5.56 Å². The molecule has 1 saturated heterocycles. The van der Waals surface area contributed by atoms with Gasteiger partial charge >= 0.3 is 0 Å². The molecule has 3 nitrogen and oxygen atoms in total. The fourth-order valence-electron chi connectivity index (χ4n) is 1.65. The number of thiophene rings is 1. The monoisotopic (exact) mass is 211 g/mol. The molecule has 1 aromatic heterocycles. The molecule has 0 aliphatic carbocycles. The molecule has 76 valence electrons. The van der Waals surface area contributed by atoms with Crippen LogP contribution in [0.2, 0.25) is 0 Å². The first-order valence-electron chi connectivity index (χ1n) is 4.55. The predicted molar refractivity (Wildman–Crippen MR) is 55.6 cm³/mol. The highest BCUT2D eigenvalue weighted by atomic mass is 32.1. The molecule has 0 spiro atoms. The third-order valence-corrected chi connectivity index (χ3v) is 3.50. The van der Waals surface area contributed by atoms with Gasteiger partial charge in [0.2, 0.25) is 0 Å². The van der Waals surface area contributed by atoms with Crippen molar-refractivity contribution in [1.82, 2.24) is 0 Å². The minimum absolute atomic E-state index is 0.101. The number of nitrogens with two attached hydrogens (primary N) is 1. The summed E-state index contributed by atoms with van der Waals surface area (Å²) < 4.78 is 5.25. The van der Waals surface area contributed by atoms with Gasteiger partial charge in [0.1, 0.15) is 0 Å². The van der Waals surface area contributed by atoms with Crippen LogP contribution >= 0.6 is 11.3 Å². The Morgan fingerprint density at radius 3 is 3.07 bits per heavy atom. The second-order valence-electron chi connectivity index (χ2n) is 3.88. The first-order chi connectivity index (χ1) is 6.64. The summed E-state index contributed by atoms with van der Waals surface area (Å²) in [5.41, 5.74) is 6.09. The average Bonchev–Trinajstić information content (AvgIpc) is 2.77. The lowest BCUT2D eigenvalue weighted by atomic mass is 9.79. The second-order valence-corrected chi connectivity index (χ2v) is 4.66. The first-order valence-corrected chi connectivity index (χ1v) is 5.49. The molecule has 4 heteroatoms. The number of hydrogen-bond donors (Lipinski definition) is 1. The van der Waals surface area contributed by atoms with Crippen LogP contribution < -0.4 is 5.73 Å². The molecule has 0 aromatic carbocycles. The maximum atomic E-state index is 12.1. The highest BCUT2D eigenvalue weighted by Gasteiger charge is 2.44. The maximum Gasteiger partial charge on any atom is 0.173 e. The molecule has 0 bridgehead atoms. The maximum absolute atomic E-state index is 12.1. The van der Waals surface area contributed by atoms with E-state index in [-0.39, 0.29) is 11.8 Å². The Labute approximate surface area is 86.9 Å². The van der Waals surface area contributed by atoms with Crippen molar-refractivity contribution in [3.8, 4) is 0 Å². The number of carbonyl (C=O) groups excluding carboxylic acids is 1. The predicted octanol–water partition coefficient (Wildman–Crippen LogP) is 1.29. The minimum Gasteiger partial charge on any atom is -0.379 e. The van der Waals surface area contributed by atoms with Crippen LogP contribution in [0.4, 0.5) is 0 Å². The van der Waals surface area contributed by atoms with Crippen molar-refractivity contribution in [3.63, 3.8) is 0 Å². The van der Waals surface area contributed by atoms with Crippen molar-refractivity contribution < 1.29 is 9.53 Å². The molecule has 2 N–H and O–H groups in total. The summed E-state index contributed by atoms with van der Waals surface area (Å²) in [4.78, 5) is 12.1. The normalized spacial score (nSPS) is 32.0. The third kappa shape index (κ3) is 1.39. The summed E-state index contributed by atoms with van der Waals surface area (Å²) in [7, 11) is 0. The molecule has 1 fully saturated rings. The van der Waals surface area contributed by atoms with Crippen molar-refractivity contribution in [3.05, 3.63) is 22.4 Å². The first kappa shape index (κ1) is 9.83. The molecular formula is C10H13NO2S. The topological polar surface area (TPSA) is 52.3 Å². The number of ether oxygens (including phenoxy) is 1. The zero-order chi connectivity index (χ0) is 10.2. The van der Waals surface area contributed by atoms with Crippen molar-refractivity contribution in [2.45, 2.75) is 13.0 Å². The molecule has 1 aromatic rings. The van der Waals surface area contributed by atoms with Crippen molar-refractivity contribution in [2.75, 3.05) is 13.2 Å². The molecule has 2 rings (SSSR count). The molecule has 0 saturated carbocycles. The Morgan fingerprint density at radius 1 is 1.79 bits per heavy atom. The largest absolute Gasteiger partial charge is 0.379 e. The van der Waals surface area contributed by atoms with Gasteiger partial charge in [0.05, 0.1) is 18.6 Å². The molecule has 2 atom stereocenters. The van der Waals surface area contributed by atoms with E-state index in [4.69, 9.17) is 10.5 Å². The van der Waals surface area contributed by atoms with Crippen molar-refractivity contribution in [2.24, 2.45) is 11.1 Å². The van der Waals surface area contributed by atoms with Gasteiger partial charge in [-0.05, 0) is 18.4 Å². The van der Waals surface area contributed by atoms with Gasteiger partial charge in [-0.25, -0.2) is 0 Å². The molecule has 0 radical (unpaired) electrons. The van der Waals surface area contributed by atoms with Crippen LogP contribution in [-0.2, 0) is 4.74 Å². The van der Waals surface area contributed by atoms with E-state index in [9.17, 15) is 4.79 Å². The lowest BCUT2D eigenvalue weighted by Gasteiger charge is -2.24. The van der Waals surface area contributed by atoms with E-state index in [1.54, 1.807) is 0 Å².